The molecule has 0 saturated carbocycles. The molecule has 0 aliphatic carbocycles. The number of hydrogen-bond donors (Lipinski definition) is 0. The largest absolute Gasteiger partial charge is 0.436 e. The molecule has 11 aromatic carbocycles. The van der Waals surface area contributed by atoms with E-state index in [9.17, 15) is 0 Å². The van der Waals surface area contributed by atoms with Crippen LogP contribution in [0, 0.1) is 0 Å². The normalized spacial score (nSPS) is 11.8. The highest BCUT2D eigenvalue weighted by molar-refractivity contribution is 6.28. The van der Waals surface area contributed by atoms with Gasteiger partial charge >= 0.3 is 0 Å². The molecule has 8 nitrogen and oxygen atoms in total. The topological polar surface area (TPSA) is 95.7 Å². The van der Waals surface area contributed by atoms with Crippen LogP contribution in [0.4, 0.5) is 0 Å². The number of benzene rings is 11. The van der Waals surface area contributed by atoms with Crippen molar-refractivity contribution in [2.24, 2.45) is 0 Å². The van der Waals surface area contributed by atoms with E-state index in [1.165, 1.54) is 43.4 Å². The van der Waals surface area contributed by atoms with Gasteiger partial charge in [0.15, 0.2) is 28.6 Å². The van der Waals surface area contributed by atoms with Gasteiger partial charge in [0.25, 0.3) is 0 Å². The number of oxazole rings is 2. The van der Waals surface area contributed by atoms with Gasteiger partial charge in [-0.3, -0.25) is 0 Å². The van der Waals surface area contributed by atoms with E-state index in [4.69, 9.17) is 33.8 Å². The van der Waals surface area contributed by atoms with Gasteiger partial charge in [-0.2, -0.15) is 0 Å². The Bertz CT molecular complexity index is 4470. The van der Waals surface area contributed by atoms with E-state index in [1.807, 2.05) is 97.1 Å². The number of para-hydroxylation sites is 5. The summed E-state index contributed by atoms with van der Waals surface area (Å²) in [6.45, 7) is 0. The number of rotatable bonds is 7. The fraction of sp³-hybridized carbons (Fsp3) is 0. The molecule has 0 fully saturated rings. The van der Waals surface area contributed by atoms with Crippen LogP contribution >= 0.6 is 0 Å². The molecule has 340 valence electrons. The van der Waals surface area contributed by atoms with E-state index in [1.54, 1.807) is 0 Å². The molecule has 4 aromatic heterocycles. The van der Waals surface area contributed by atoms with Crippen LogP contribution in [0.3, 0.4) is 0 Å². The van der Waals surface area contributed by atoms with Crippen LogP contribution in [0.1, 0.15) is 0 Å². The summed E-state index contributed by atoms with van der Waals surface area (Å²) >= 11 is 0. The van der Waals surface area contributed by atoms with Crippen LogP contribution < -0.4 is 0 Å². The maximum atomic E-state index is 6.09. The fourth-order valence-corrected chi connectivity index (χ4v) is 10.5. The van der Waals surface area contributed by atoms with Crippen LogP contribution in [0.15, 0.2) is 239 Å². The summed E-state index contributed by atoms with van der Waals surface area (Å²) in [5, 5.41) is 9.63. The average molecular weight is 935 g/mol. The third kappa shape index (κ3) is 6.88. The van der Waals surface area contributed by atoms with Gasteiger partial charge in [-0.15, -0.1) is 0 Å². The van der Waals surface area contributed by atoms with E-state index < -0.39 is 0 Å². The minimum atomic E-state index is 0.549. The standard InChI is InChI=1S/C65H38N6O2/c1-2-11-50(12-3-1)71-55-34-32-39-10-4-5-13-51(39)59(55)60-52-38-48(27-18-40(52)33-35-56(60)71)46-28-29-47-37-49(31-30-45(47)36-46)63-69-61(41-19-23-43(24-20-41)64-66-53-14-6-8-16-57(53)72-64)68-62(70-63)42-21-25-44(26-22-42)65-67-54-15-7-9-17-58(54)73-65/h1-38H. The Balaban J connectivity index is 0.820. The first kappa shape index (κ1) is 40.8. The lowest BCUT2D eigenvalue weighted by Gasteiger charge is -2.11. The monoisotopic (exact) mass is 934 g/mol. The Morgan fingerprint density at radius 3 is 1.32 bits per heavy atom. The first-order chi connectivity index (χ1) is 36.1. The number of nitrogens with zero attached hydrogens (tertiary/aromatic N) is 6. The Hall–Kier alpha value is -10.1. The van der Waals surface area contributed by atoms with Gasteiger partial charge in [-0.1, -0.05) is 140 Å². The highest BCUT2D eigenvalue weighted by Gasteiger charge is 2.19. The zero-order chi connectivity index (χ0) is 48.0. The van der Waals surface area contributed by atoms with E-state index in [0.717, 1.165) is 77.6 Å². The van der Waals surface area contributed by atoms with Crippen molar-refractivity contribution in [3.63, 3.8) is 0 Å². The van der Waals surface area contributed by atoms with Crippen molar-refractivity contribution in [2.75, 3.05) is 0 Å². The third-order valence-corrected chi connectivity index (χ3v) is 14.1. The Morgan fingerprint density at radius 1 is 0.288 bits per heavy atom. The molecule has 73 heavy (non-hydrogen) atoms. The van der Waals surface area contributed by atoms with Crippen molar-refractivity contribution in [1.29, 1.82) is 0 Å². The number of hydrogen-bond acceptors (Lipinski definition) is 7. The van der Waals surface area contributed by atoms with Crippen LogP contribution in [0.2, 0.25) is 0 Å². The molecule has 4 heterocycles. The van der Waals surface area contributed by atoms with Crippen molar-refractivity contribution < 1.29 is 8.83 Å². The Morgan fingerprint density at radius 2 is 0.712 bits per heavy atom. The number of aromatic nitrogens is 6. The fourth-order valence-electron chi connectivity index (χ4n) is 10.5. The van der Waals surface area contributed by atoms with Crippen LogP contribution in [-0.2, 0) is 0 Å². The average Bonchev–Trinajstić information content (AvgIpc) is 4.20. The van der Waals surface area contributed by atoms with E-state index in [2.05, 4.69) is 138 Å². The second kappa shape index (κ2) is 16.3. The molecule has 0 atom stereocenters. The lowest BCUT2D eigenvalue weighted by molar-refractivity contribution is 0.619. The molecule has 0 spiro atoms. The molecule has 0 amide bonds. The van der Waals surface area contributed by atoms with Crippen LogP contribution in [-0.4, -0.2) is 29.5 Å². The van der Waals surface area contributed by atoms with E-state index in [-0.39, 0.29) is 0 Å². The smallest absolute Gasteiger partial charge is 0.227 e. The van der Waals surface area contributed by atoms with Crippen molar-refractivity contribution in [3.05, 3.63) is 231 Å². The zero-order valence-electron chi connectivity index (χ0n) is 38.9. The lowest BCUT2D eigenvalue weighted by Crippen LogP contribution is -2.00. The summed E-state index contributed by atoms with van der Waals surface area (Å²) in [5.74, 6) is 2.78. The maximum absolute atomic E-state index is 6.09. The summed E-state index contributed by atoms with van der Waals surface area (Å²) in [6.07, 6.45) is 0. The van der Waals surface area contributed by atoms with Gasteiger partial charge in [-0.05, 0) is 134 Å². The van der Waals surface area contributed by atoms with Crippen molar-refractivity contribution in [2.45, 2.75) is 0 Å². The van der Waals surface area contributed by atoms with Crippen molar-refractivity contribution in [3.8, 4) is 73.9 Å². The molecule has 0 bridgehead atoms. The first-order valence-electron chi connectivity index (χ1n) is 24.3. The van der Waals surface area contributed by atoms with Gasteiger partial charge in [0, 0.05) is 44.3 Å². The molecule has 0 aliphatic rings. The third-order valence-electron chi connectivity index (χ3n) is 14.1. The highest BCUT2D eigenvalue weighted by atomic mass is 16.4. The quantitative estimate of drug-likeness (QED) is 0.157. The summed E-state index contributed by atoms with van der Waals surface area (Å²) in [5.41, 5.74) is 13.2. The molecule has 0 N–H and O–H groups in total. The molecule has 0 saturated heterocycles. The van der Waals surface area contributed by atoms with E-state index >= 15 is 0 Å². The van der Waals surface area contributed by atoms with Gasteiger partial charge in [-0.25, -0.2) is 24.9 Å². The van der Waals surface area contributed by atoms with Crippen molar-refractivity contribution in [1.82, 2.24) is 29.5 Å². The first-order valence-corrected chi connectivity index (χ1v) is 24.3. The summed E-state index contributed by atoms with van der Waals surface area (Å²) in [4.78, 5) is 24.7. The van der Waals surface area contributed by atoms with Gasteiger partial charge in [0.2, 0.25) is 11.8 Å². The second-order valence-corrected chi connectivity index (χ2v) is 18.5. The van der Waals surface area contributed by atoms with Gasteiger partial charge in [0.1, 0.15) is 11.0 Å². The lowest BCUT2D eigenvalue weighted by atomic mass is 9.95. The van der Waals surface area contributed by atoms with Crippen LogP contribution in [0.25, 0.3) is 150 Å². The molecule has 8 heteroatoms. The summed E-state index contributed by atoms with van der Waals surface area (Å²) < 4.78 is 14.6. The van der Waals surface area contributed by atoms with Crippen molar-refractivity contribution >= 4 is 76.3 Å². The van der Waals surface area contributed by atoms with Crippen LogP contribution in [0.5, 0.6) is 0 Å². The summed E-state index contributed by atoms with van der Waals surface area (Å²) in [6, 6.07) is 80.0. The SMILES string of the molecule is c1ccc(-n2c3ccc4ccccc4c3c3c4cc(-c5ccc6cc(-c7nc(-c8ccc(-c9nc%10ccccc%10o9)cc8)nc(-c8ccc(-c9nc%10ccccc%10o9)cc8)n7)ccc6c5)ccc4ccc32)cc1. The predicted octanol–water partition coefficient (Wildman–Crippen LogP) is 16.7. The van der Waals surface area contributed by atoms with E-state index in [0.29, 0.717) is 29.3 Å². The summed E-state index contributed by atoms with van der Waals surface area (Å²) in [7, 11) is 0. The molecule has 0 aliphatic heterocycles. The zero-order valence-corrected chi connectivity index (χ0v) is 38.9. The highest BCUT2D eigenvalue weighted by Crippen LogP contribution is 2.42. The Kier molecular flexibility index (Phi) is 9.09. The minimum Gasteiger partial charge on any atom is -0.436 e. The molecular formula is C65H38N6O2. The molecule has 0 radical (unpaired) electrons. The molecule has 15 aromatic rings. The predicted molar refractivity (Wildman–Crippen MR) is 294 cm³/mol. The molecule has 15 rings (SSSR count). The molecule has 0 unspecified atom stereocenters. The second-order valence-electron chi connectivity index (χ2n) is 18.5. The number of fused-ring (bicyclic) bond motifs is 10. The maximum Gasteiger partial charge on any atom is 0.227 e. The van der Waals surface area contributed by atoms with Gasteiger partial charge in [0.05, 0.1) is 11.0 Å². The molecular weight excluding hydrogens is 897 g/mol. The van der Waals surface area contributed by atoms with Gasteiger partial charge < -0.3 is 13.4 Å². The Labute approximate surface area is 417 Å². The minimum absolute atomic E-state index is 0.549.